The normalized spacial score (nSPS) is 13.7. The highest BCUT2D eigenvalue weighted by atomic mass is 32.2. The van der Waals surface area contributed by atoms with Gasteiger partial charge < -0.3 is 5.32 Å². The first kappa shape index (κ1) is 17.4. The molecule has 1 aromatic heterocycles. The maximum Gasteiger partial charge on any atom is 0.303 e. The van der Waals surface area contributed by atoms with E-state index >= 15 is 0 Å². The van der Waals surface area contributed by atoms with Gasteiger partial charge in [0.25, 0.3) is 0 Å². The molecule has 6 nitrogen and oxygen atoms in total. The number of hydrogen-bond acceptors (Lipinski definition) is 5. The summed E-state index contributed by atoms with van der Waals surface area (Å²) in [6.07, 6.45) is 1.05. The number of aromatic nitrogens is 1. The summed E-state index contributed by atoms with van der Waals surface area (Å²) in [6, 6.07) is 0.123. The second-order valence-electron chi connectivity index (χ2n) is 4.44. The summed E-state index contributed by atoms with van der Waals surface area (Å²) in [4.78, 5) is 4.34. The number of rotatable bonds is 9. The minimum absolute atomic E-state index is 0.123. The Balaban J connectivity index is 2.73. The number of thiazole rings is 1. The van der Waals surface area contributed by atoms with Gasteiger partial charge in [-0.3, -0.25) is 0 Å². The van der Waals surface area contributed by atoms with E-state index in [0.717, 1.165) is 18.7 Å². The van der Waals surface area contributed by atoms with E-state index in [0.29, 0.717) is 18.2 Å². The topological polar surface area (TPSA) is 74.3 Å². The lowest BCUT2D eigenvalue weighted by atomic mass is 10.2. The van der Waals surface area contributed by atoms with Crippen molar-refractivity contribution in [2.45, 2.75) is 40.2 Å². The lowest BCUT2D eigenvalue weighted by molar-refractivity contribution is 0.449. The van der Waals surface area contributed by atoms with E-state index in [1.807, 2.05) is 26.2 Å². The van der Waals surface area contributed by atoms with E-state index < -0.39 is 10.2 Å². The first-order valence-corrected chi connectivity index (χ1v) is 9.23. The third-order valence-corrected chi connectivity index (χ3v) is 5.48. The molecule has 0 radical (unpaired) electrons. The third-order valence-electron chi connectivity index (χ3n) is 2.93. The molecular formula is C12H24N4O2S2. The van der Waals surface area contributed by atoms with Crippen LogP contribution in [0, 0.1) is 0 Å². The first-order chi connectivity index (χ1) is 9.44. The first-order valence-electron chi connectivity index (χ1n) is 6.91. The highest BCUT2D eigenvalue weighted by molar-refractivity contribution is 7.90. The third kappa shape index (κ3) is 4.69. The molecule has 0 aliphatic rings. The summed E-state index contributed by atoms with van der Waals surface area (Å²) >= 11 is 1.31. The van der Waals surface area contributed by atoms with Gasteiger partial charge in [-0.05, 0) is 19.9 Å². The van der Waals surface area contributed by atoms with Gasteiger partial charge in [0.1, 0.15) is 0 Å². The lowest BCUT2D eigenvalue weighted by Gasteiger charge is -2.18. The van der Waals surface area contributed by atoms with Gasteiger partial charge in [0, 0.05) is 24.5 Å². The van der Waals surface area contributed by atoms with Gasteiger partial charge >= 0.3 is 10.2 Å². The molecule has 0 aliphatic carbocycles. The second-order valence-corrected chi connectivity index (χ2v) is 6.97. The van der Waals surface area contributed by atoms with Gasteiger partial charge in [-0.1, -0.05) is 20.8 Å². The van der Waals surface area contributed by atoms with Crippen LogP contribution in [-0.2, 0) is 10.2 Å². The number of nitrogens with one attached hydrogen (secondary N) is 2. The molecule has 1 unspecified atom stereocenters. The zero-order valence-electron chi connectivity index (χ0n) is 12.5. The van der Waals surface area contributed by atoms with Crippen molar-refractivity contribution in [3.05, 3.63) is 11.1 Å². The molecule has 1 atom stereocenters. The molecule has 0 spiro atoms. The van der Waals surface area contributed by atoms with Gasteiger partial charge in [-0.2, -0.15) is 12.7 Å². The van der Waals surface area contributed by atoms with Crippen molar-refractivity contribution in [3.8, 4) is 0 Å². The van der Waals surface area contributed by atoms with Crippen molar-refractivity contribution in [1.82, 2.24) is 14.6 Å². The Labute approximate surface area is 125 Å². The molecule has 0 fully saturated rings. The van der Waals surface area contributed by atoms with E-state index in [1.165, 1.54) is 15.6 Å². The fourth-order valence-electron chi connectivity index (χ4n) is 1.74. The zero-order chi connectivity index (χ0) is 15.2. The molecule has 0 aromatic carbocycles. The summed E-state index contributed by atoms with van der Waals surface area (Å²) in [5, 5.41) is 5.62. The fraction of sp³-hybridized carbons (Fsp3) is 0.750. The molecule has 0 bridgehead atoms. The maximum atomic E-state index is 12.1. The molecule has 116 valence electrons. The van der Waals surface area contributed by atoms with Crippen LogP contribution in [0.15, 0.2) is 5.38 Å². The Morgan fingerprint density at radius 2 is 2.00 bits per heavy atom. The van der Waals surface area contributed by atoms with Gasteiger partial charge in [-0.25, -0.2) is 9.71 Å². The molecule has 8 heteroatoms. The molecular weight excluding hydrogens is 296 g/mol. The minimum atomic E-state index is -3.49. The van der Waals surface area contributed by atoms with Gasteiger partial charge in [0.15, 0.2) is 5.13 Å². The van der Waals surface area contributed by atoms with Crippen LogP contribution in [0.5, 0.6) is 0 Å². The van der Waals surface area contributed by atoms with Crippen molar-refractivity contribution in [1.29, 1.82) is 0 Å². The predicted molar refractivity (Wildman–Crippen MR) is 84.3 cm³/mol. The summed E-state index contributed by atoms with van der Waals surface area (Å²) in [6.45, 7) is 9.55. The van der Waals surface area contributed by atoms with Crippen LogP contribution < -0.4 is 10.0 Å². The monoisotopic (exact) mass is 320 g/mol. The Hall–Kier alpha value is -0.700. The van der Waals surface area contributed by atoms with Crippen LogP contribution in [0.1, 0.15) is 45.9 Å². The van der Waals surface area contributed by atoms with E-state index in [1.54, 1.807) is 0 Å². The van der Waals surface area contributed by atoms with E-state index in [9.17, 15) is 8.42 Å². The second kappa shape index (κ2) is 7.92. The molecule has 0 aliphatic heterocycles. The molecule has 0 saturated carbocycles. The molecule has 20 heavy (non-hydrogen) atoms. The molecule has 1 rings (SSSR count). The Morgan fingerprint density at radius 3 is 2.55 bits per heavy atom. The molecule has 1 heterocycles. The SMILES string of the molecule is CCCNC(C)c1csc(NS(=O)(=O)N(CC)CC)n1. The molecule has 1 aromatic rings. The Bertz CT molecular complexity index is 497. The van der Waals surface area contributed by atoms with Gasteiger partial charge in [0.2, 0.25) is 0 Å². The van der Waals surface area contributed by atoms with E-state index in [4.69, 9.17) is 0 Å². The molecule has 0 saturated heterocycles. The fourth-order valence-corrected chi connectivity index (χ4v) is 3.97. The van der Waals surface area contributed by atoms with Crippen LogP contribution in [0.2, 0.25) is 0 Å². The van der Waals surface area contributed by atoms with Crippen molar-refractivity contribution in [2.75, 3.05) is 24.4 Å². The van der Waals surface area contributed by atoms with Crippen LogP contribution in [0.25, 0.3) is 0 Å². The van der Waals surface area contributed by atoms with Gasteiger partial charge in [0.05, 0.1) is 5.69 Å². The van der Waals surface area contributed by atoms with Crippen molar-refractivity contribution in [3.63, 3.8) is 0 Å². The van der Waals surface area contributed by atoms with Crippen LogP contribution in [0.4, 0.5) is 5.13 Å². The highest BCUT2D eigenvalue weighted by Crippen LogP contribution is 2.22. The lowest BCUT2D eigenvalue weighted by Crippen LogP contribution is -2.35. The quantitative estimate of drug-likeness (QED) is 0.731. The summed E-state index contributed by atoms with van der Waals surface area (Å²) < 4.78 is 28.1. The summed E-state index contributed by atoms with van der Waals surface area (Å²) in [5.74, 6) is 0. The number of hydrogen-bond donors (Lipinski definition) is 2. The van der Waals surface area contributed by atoms with Crippen LogP contribution in [0.3, 0.4) is 0 Å². The maximum absolute atomic E-state index is 12.1. The zero-order valence-corrected chi connectivity index (χ0v) is 14.1. The largest absolute Gasteiger partial charge is 0.309 e. The van der Waals surface area contributed by atoms with E-state index in [-0.39, 0.29) is 6.04 Å². The molecule has 2 N–H and O–H groups in total. The van der Waals surface area contributed by atoms with Crippen LogP contribution in [-0.4, -0.2) is 37.3 Å². The van der Waals surface area contributed by atoms with Crippen LogP contribution >= 0.6 is 11.3 Å². The number of anilines is 1. The van der Waals surface area contributed by atoms with Crippen molar-refractivity contribution < 1.29 is 8.42 Å². The average molecular weight is 320 g/mol. The average Bonchev–Trinajstić information content (AvgIpc) is 2.84. The summed E-state index contributed by atoms with van der Waals surface area (Å²) in [7, 11) is -3.49. The van der Waals surface area contributed by atoms with Crippen molar-refractivity contribution in [2.24, 2.45) is 0 Å². The highest BCUT2D eigenvalue weighted by Gasteiger charge is 2.20. The van der Waals surface area contributed by atoms with Crippen molar-refractivity contribution >= 4 is 26.7 Å². The number of nitrogens with zero attached hydrogens (tertiary/aromatic N) is 2. The smallest absolute Gasteiger partial charge is 0.303 e. The van der Waals surface area contributed by atoms with Gasteiger partial charge in [-0.15, -0.1) is 11.3 Å². The summed E-state index contributed by atoms with van der Waals surface area (Å²) in [5.41, 5.74) is 0.862. The van der Waals surface area contributed by atoms with E-state index in [2.05, 4.69) is 21.9 Å². The molecule has 0 amide bonds. The Morgan fingerprint density at radius 1 is 1.35 bits per heavy atom. The predicted octanol–water partition coefficient (Wildman–Crippen LogP) is 2.20. The standard InChI is InChI=1S/C12H24N4O2S2/c1-5-8-13-10(4)11-9-19-12(14-11)15-20(17,18)16(6-2)7-3/h9-10,13H,5-8H2,1-4H3,(H,14,15). The minimum Gasteiger partial charge on any atom is -0.309 e. The Kier molecular flexibility index (Phi) is 6.87.